The minimum Gasteiger partial charge on any atom is -0.497 e. The maximum absolute atomic E-state index is 5.48. The summed E-state index contributed by atoms with van der Waals surface area (Å²) in [5.41, 5.74) is 2.16. The lowest BCUT2D eigenvalue weighted by Gasteiger charge is -2.23. The number of nitrogens with one attached hydrogen (secondary N) is 2. The molecular weight excluding hydrogens is 304 g/mol. The molecule has 0 radical (unpaired) electrons. The lowest BCUT2D eigenvalue weighted by Crippen LogP contribution is -2.33. The normalized spacial score (nSPS) is 11.8. The highest BCUT2D eigenvalue weighted by molar-refractivity contribution is 7.80. The molecule has 0 aliphatic rings. The maximum atomic E-state index is 5.48. The number of ether oxygens (including phenoxy) is 1. The third kappa shape index (κ3) is 5.57. The van der Waals surface area contributed by atoms with Gasteiger partial charge in [-0.25, -0.2) is 0 Å². The van der Waals surface area contributed by atoms with Crippen molar-refractivity contribution in [3.05, 3.63) is 60.2 Å². The van der Waals surface area contributed by atoms with Crippen molar-refractivity contribution in [1.82, 2.24) is 5.32 Å². The molecule has 2 aromatic rings. The molecule has 23 heavy (non-hydrogen) atoms. The average molecular weight is 328 g/mol. The smallest absolute Gasteiger partial charge is 0.171 e. The van der Waals surface area contributed by atoms with Gasteiger partial charge in [0.2, 0.25) is 0 Å². The Morgan fingerprint density at radius 2 is 1.83 bits per heavy atom. The number of hydrogen-bond donors (Lipinski definition) is 2. The molecule has 0 amide bonds. The van der Waals surface area contributed by atoms with Crippen LogP contribution in [0.25, 0.3) is 0 Å². The summed E-state index contributed by atoms with van der Waals surface area (Å²) >= 11 is 5.48. The molecule has 0 fully saturated rings. The van der Waals surface area contributed by atoms with Gasteiger partial charge in [0.25, 0.3) is 0 Å². The predicted octanol–water partition coefficient (Wildman–Crippen LogP) is 4.77. The van der Waals surface area contributed by atoms with Crippen LogP contribution in [-0.4, -0.2) is 12.2 Å². The fraction of sp³-hybridized carbons (Fsp3) is 0.316. The summed E-state index contributed by atoms with van der Waals surface area (Å²) in [6, 6.07) is 18.3. The second kappa shape index (κ2) is 8.53. The summed E-state index contributed by atoms with van der Waals surface area (Å²) in [5, 5.41) is 7.28. The Morgan fingerprint density at radius 1 is 1.09 bits per heavy atom. The molecular formula is C19H24N2OS. The zero-order chi connectivity index (χ0) is 16.7. The molecule has 1 atom stereocenters. The van der Waals surface area contributed by atoms with E-state index < -0.39 is 0 Å². The lowest BCUT2D eigenvalue weighted by molar-refractivity contribution is 0.415. The zero-order valence-corrected chi connectivity index (χ0v) is 14.7. The van der Waals surface area contributed by atoms with E-state index >= 15 is 0 Å². The van der Waals surface area contributed by atoms with Crippen LogP contribution in [-0.2, 0) is 0 Å². The lowest BCUT2D eigenvalue weighted by atomic mass is 9.97. The number of benzene rings is 2. The van der Waals surface area contributed by atoms with E-state index in [4.69, 9.17) is 17.0 Å². The van der Waals surface area contributed by atoms with Gasteiger partial charge in [0.15, 0.2) is 5.11 Å². The van der Waals surface area contributed by atoms with Gasteiger partial charge in [0, 0.05) is 11.8 Å². The van der Waals surface area contributed by atoms with Crippen LogP contribution in [0.1, 0.15) is 31.9 Å². The quantitative estimate of drug-likeness (QED) is 0.749. The average Bonchev–Trinajstić information content (AvgIpc) is 2.54. The van der Waals surface area contributed by atoms with Crippen LogP contribution in [0.4, 0.5) is 5.69 Å². The topological polar surface area (TPSA) is 33.3 Å². The number of anilines is 1. The molecule has 0 aliphatic heterocycles. The van der Waals surface area contributed by atoms with Crippen LogP contribution in [0.15, 0.2) is 54.6 Å². The first kappa shape index (κ1) is 17.3. The third-order valence-corrected chi connectivity index (χ3v) is 3.76. The Labute approximate surface area is 144 Å². The van der Waals surface area contributed by atoms with E-state index in [2.05, 4.69) is 48.7 Å². The van der Waals surface area contributed by atoms with Crippen molar-refractivity contribution in [2.24, 2.45) is 5.92 Å². The molecule has 0 saturated carbocycles. The zero-order valence-electron chi connectivity index (χ0n) is 13.9. The van der Waals surface area contributed by atoms with Gasteiger partial charge in [-0.2, -0.15) is 0 Å². The number of hydrogen-bond acceptors (Lipinski definition) is 2. The molecule has 0 saturated heterocycles. The van der Waals surface area contributed by atoms with E-state index in [9.17, 15) is 0 Å². The highest BCUT2D eigenvalue weighted by Gasteiger charge is 2.14. The summed E-state index contributed by atoms with van der Waals surface area (Å²) in [5.74, 6) is 1.38. The van der Waals surface area contributed by atoms with Crippen LogP contribution in [0.5, 0.6) is 5.75 Å². The molecule has 0 aliphatic carbocycles. The molecule has 1 unspecified atom stereocenters. The minimum absolute atomic E-state index is 0.196. The number of methoxy groups -OCH3 is 1. The molecule has 122 valence electrons. The predicted molar refractivity (Wildman–Crippen MR) is 101 cm³/mol. The second-order valence-electron chi connectivity index (χ2n) is 5.92. The summed E-state index contributed by atoms with van der Waals surface area (Å²) in [6.07, 6.45) is 1.02. The van der Waals surface area contributed by atoms with Gasteiger partial charge in [0.1, 0.15) is 5.75 Å². The molecule has 0 aromatic heterocycles. The first-order valence-electron chi connectivity index (χ1n) is 7.85. The van der Waals surface area contributed by atoms with E-state index in [1.807, 2.05) is 30.3 Å². The first-order valence-corrected chi connectivity index (χ1v) is 8.26. The highest BCUT2D eigenvalue weighted by Crippen LogP contribution is 2.22. The van der Waals surface area contributed by atoms with Crippen molar-refractivity contribution in [1.29, 1.82) is 0 Å². The van der Waals surface area contributed by atoms with Crippen LogP contribution < -0.4 is 15.4 Å². The molecule has 2 N–H and O–H groups in total. The van der Waals surface area contributed by atoms with E-state index in [0.717, 1.165) is 17.9 Å². The fourth-order valence-corrected chi connectivity index (χ4v) is 2.72. The SMILES string of the molecule is COc1cccc(NC(=S)NC(CC(C)C)c2ccccc2)c1. The Kier molecular flexibility index (Phi) is 6.41. The van der Waals surface area contributed by atoms with E-state index in [0.29, 0.717) is 11.0 Å². The van der Waals surface area contributed by atoms with Crippen LogP contribution in [0.3, 0.4) is 0 Å². The van der Waals surface area contributed by atoms with Crippen molar-refractivity contribution in [3.63, 3.8) is 0 Å². The molecule has 2 rings (SSSR count). The van der Waals surface area contributed by atoms with Crippen molar-refractivity contribution in [2.75, 3.05) is 12.4 Å². The monoisotopic (exact) mass is 328 g/mol. The summed E-state index contributed by atoms with van der Waals surface area (Å²) in [6.45, 7) is 4.44. The van der Waals surface area contributed by atoms with Crippen molar-refractivity contribution in [3.8, 4) is 5.75 Å². The Morgan fingerprint density at radius 3 is 2.48 bits per heavy atom. The highest BCUT2D eigenvalue weighted by atomic mass is 32.1. The minimum atomic E-state index is 0.196. The van der Waals surface area contributed by atoms with E-state index in [1.165, 1.54) is 5.56 Å². The van der Waals surface area contributed by atoms with Crippen molar-refractivity contribution >= 4 is 23.0 Å². The summed E-state index contributed by atoms with van der Waals surface area (Å²) in [4.78, 5) is 0. The standard InChI is InChI=1S/C19H24N2OS/c1-14(2)12-18(15-8-5-4-6-9-15)21-19(23)20-16-10-7-11-17(13-16)22-3/h4-11,13-14,18H,12H2,1-3H3,(H2,20,21,23). The molecule has 4 heteroatoms. The van der Waals surface area contributed by atoms with Crippen molar-refractivity contribution in [2.45, 2.75) is 26.3 Å². The second-order valence-corrected chi connectivity index (χ2v) is 6.33. The maximum Gasteiger partial charge on any atom is 0.171 e. The van der Waals surface area contributed by atoms with E-state index in [1.54, 1.807) is 7.11 Å². The molecule has 0 heterocycles. The van der Waals surface area contributed by atoms with Gasteiger partial charge in [-0.3, -0.25) is 0 Å². The van der Waals surface area contributed by atoms with Gasteiger partial charge in [-0.15, -0.1) is 0 Å². The Hall–Kier alpha value is -2.07. The molecule has 2 aromatic carbocycles. The van der Waals surface area contributed by atoms with E-state index in [-0.39, 0.29) is 6.04 Å². The summed E-state index contributed by atoms with van der Waals surface area (Å²) < 4.78 is 5.24. The van der Waals surface area contributed by atoms with Gasteiger partial charge >= 0.3 is 0 Å². The Bertz CT molecular complexity index is 628. The molecule has 3 nitrogen and oxygen atoms in total. The van der Waals surface area contributed by atoms with Gasteiger partial charge in [-0.05, 0) is 42.3 Å². The third-order valence-electron chi connectivity index (χ3n) is 3.54. The van der Waals surface area contributed by atoms with Gasteiger partial charge in [-0.1, -0.05) is 50.2 Å². The molecule has 0 bridgehead atoms. The Balaban J connectivity index is 2.05. The molecule has 0 spiro atoms. The van der Waals surface area contributed by atoms with Crippen LogP contribution in [0.2, 0.25) is 0 Å². The van der Waals surface area contributed by atoms with Gasteiger partial charge < -0.3 is 15.4 Å². The van der Waals surface area contributed by atoms with Crippen molar-refractivity contribution < 1.29 is 4.74 Å². The fourth-order valence-electron chi connectivity index (χ4n) is 2.46. The van der Waals surface area contributed by atoms with Crippen LogP contribution in [0, 0.1) is 5.92 Å². The van der Waals surface area contributed by atoms with Crippen LogP contribution >= 0.6 is 12.2 Å². The number of thiocarbonyl (C=S) groups is 1. The summed E-state index contributed by atoms with van der Waals surface area (Å²) in [7, 11) is 1.66. The van der Waals surface area contributed by atoms with Gasteiger partial charge in [0.05, 0.1) is 13.2 Å². The largest absolute Gasteiger partial charge is 0.497 e. The first-order chi connectivity index (χ1) is 11.1. The number of rotatable bonds is 6.